The largest absolute Gasteiger partial charge is 0.342 e. The summed E-state index contributed by atoms with van der Waals surface area (Å²) in [5.74, 6) is -1.79. The first-order valence-electron chi connectivity index (χ1n) is 10.1. The van der Waals surface area contributed by atoms with Gasteiger partial charge in [-0.25, -0.2) is 4.98 Å². The van der Waals surface area contributed by atoms with Gasteiger partial charge in [0.25, 0.3) is 5.91 Å². The maximum Gasteiger partial charge on any atom is 0.313 e. The normalized spacial score (nSPS) is 13.8. The second-order valence-corrected chi connectivity index (χ2v) is 7.82. The number of nitrogens with zero attached hydrogens (tertiary/aromatic N) is 3. The average molecular weight is 440 g/mol. The minimum Gasteiger partial charge on any atom is -0.342 e. The third-order valence-corrected chi connectivity index (χ3v) is 5.37. The average Bonchev–Trinajstić information content (AvgIpc) is 3.20. The van der Waals surface area contributed by atoms with Crippen LogP contribution in [0, 0.1) is 0 Å². The molecule has 0 unspecified atom stereocenters. The number of para-hydroxylation sites is 1. The molecule has 0 saturated carbocycles. The number of imidazole rings is 1. The Morgan fingerprint density at radius 1 is 0.968 bits per heavy atom. The lowest BCUT2D eigenvalue weighted by molar-refractivity contribution is -0.136. The minimum atomic E-state index is -0.842. The highest BCUT2D eigenvalue weighted by Crippen LogP contribution is 2.20. The number of fused-ring (bicyclic) bond motifs is 1. The molecule has 3 amide bonds. The van der Waals surface area contributed by atoms with Crippen LogP contribution in [0.3, 0.4) is 0 Å². The predicted molar refractivity (Wildman–Crippen MR) is 117 cm³/mol. The Bertz CT molecular complexity index is 1140. The number of benzene rings is 1. The Balaban J connectivity index is 1.39. The summed E-state index contributed by atoms with van der Waals surface area (Å²) in [4.78, 5) is 43.7. The molecule has 31 heavy (non-hydrogen) atoms. The van der Waals surface area contributed by atoms with Crippen molar-refractivity contribution in [2.45, 2.75) is 25.8 Å². The fraction of sp³-hybridized carbons (Fsp3) is 0.273. The van der Waals surface area contributed by atoms with Crippen LogP contribution in [-0.2, 0) is 16.1 Å². The van der Waals surface area contributed by atoms with Gasteiger partial charge in [0.1, 0.15) is 5.65 Å². The monoisotopic (exact) mass is 439 g/mol. The number of likely N-dealkylation sites (tertiary alicyclic amines) is 1. The van der Waals surface area contributed by atoms with Crippen molar-refractivity contribution >= 4 is 40.7 Å². The summed E-state index contributed by atoms with van der Waals surface area (Å²) in [6, 6.07) is 10.2. The summed E-state index contributed by atoms with van der Waals surface area (Å²) in [5, 5.41) is 5.68. The number of nitrogens with one attached hydrogen (secondary N) is 2. The van der Waals surface area contributed by atoms with Crippen molar-refractivity contribution in [3.05, 3.63) is 65.1 Å². The van der Waals surface area contributed by atoms with Gasteiger partial charge in [-0.05, 0) is 43.5 Å². The van der Waals surface area contributed by atoms with Crippen LogP contribution in [0.1, 0.15) is 35.3 Å². The summed E-state index contributed by atoms with van der Waals surface area (Å²) in [6.07, 6.45) is 6.49. The van der Waals surface area contributed by atoms with Crippen LogP contribution in [0.2, 0.25) is 5.02 Å². The standard InChI is InChI=1S/C22H22ClN5O3/c23-15-8-9-19-25-16(14-28(19)13-15)12-24-20(29)21(30)26-18-7-3-2-6-17(18)22(31)27-10-4-1-5-11-27/h2-3,6-9,13-14H,1,4-5,10-12H2,(H,24,29)(H,26,30). The van der Waals surface area contributed by atoms with Gasteiger partial charge in [0.05, 0.1) is 28.5 Å². The van der Waals surface area contributed by atoms with Crippen LogP contribution in [0.4, 0.5) is 5.69 Å². The fourth-order valence-electron chi connectivity index (χ4n) is 3.58. The SMILES string of the molecule is O=C(NCc1cn2cc(Cl)ccc2n1)C(=O)Nc1ccccc1C(=O)N1CCCCC1. The molecule has 4 rings (SSSR count). The Labute approximate surface area is 184 Å². The maximum absolute atomic E-state index is 12.8. The number of amides is 3. The Kier molecular flexibility index (Phi) is 6.18. The van der Waals surface area contributed by atoms with Crippen molar-refractivity contribution in [1.82, 2.24) is 19.6 Å². The highest BCUT2D eigenvalue weighted by Gasteiger charge is 2.22. The molecule has 0 radical (unpaired) electrons. The van der Waals surface area contributed by atoms with E-state index in [-0.39, 0.29) is 12.5 Å². The first kappa shape index (κ1) is 20.9. The molecule has 3 heterocycles. The van der Waals surface area contributed by atoms with Crippen LogP contribution >= 0.6 is 11.6 Å². The van der Waals surface area contributed by atoms with E-state index in [0.717, 1.165) is 19.3 Å². The number of carbonyl (C=O) groups excluding carboxylic acids is 3. The molecule has 8 nitrogen and oxygen atoms in total. The molecule has 1 saturated heterocycles. The number of piperidine rings is 1. The lowest BCUT2D eigenvalue weighted by atomic mass is 10.1. The van der Waals surface area contributed by atoms with Gasteiger partial charge < -0.3 is 19.9 Å². The zero-order chi connectivity index (χ0) is 21.8. The van der Waals surface area contributed by atoms with E-state index < -0.39 is 11.8 Å². The number of hydrogen-bond donors (Lipinski definition) is 2. The highest BCUT2D eigenvalue weighted by atomic mass is 35.5. The molecular formula is C22H22ClN5O3. The van der Waals surface area contributed by atoms with E-state index in [1.807, 2.05) is 0 Å². The van der Waals surface area contributed by atoms with Crippen molar-refractivity contribution in [3.8, 4) is 0 Å². The van der Waals surface area contributed by atoms with Crippen molar-refractivity contribution in [2.24, 2.45) is 0 Å². The molecule has 0 aliphatic carbocycles. The number of hydrogen-bond acceptors (Lipinski definition) is 4. The second kappa shape index (κ2) is 9.18. The van der Waals surface area contributed by atoms with Gasteiger partial charge in [0, 0.05) is 25.5 Å². The van der Waals surface area contributed by atoms with Crippen molar-refractivity contribution in [1.29, 1.82) is 0 Å². The van der Waals surface area contributed by atoms with Gasteiger partial charge in [-0.3, -0.25) is 14.4 Å². The van der Waals surface area contributed by atoms with E-state index in [1.54, 1.807) is 58.1 Å². The molecular weight excluding hydrogens is 418 g/mol. The summed E-state index contributed by atoms with van der Waals surface area (Å²) < 4.78 is 1.74. The van der Waals surface area contributed by atoms with Crippen LogP contribution in [0.25, 0.3) is 5.65 Å². The molecule has 0 spiro atoms. The van der Waals surface area contributed by atoms with Gasteiger partial charge in [-0.1, -0.05) is 23.7 Å². The fourth-order valence-corrected chi connectivity index (χ4v) is 3.75. The van der Waals surface area contributed by atoms with Gasteiger partial charge in [0.15, 0.2) is 0 Å². The van der Waals surface area contributed by atoms with Crippen LogP contribution < -0.4 is 10.6 Å². The zero-order valence-corrected chi connectivity index (χ0v) is 17.6. The molecule has 2 aromatic heterocycles. The van der Waals surface area contributed by atoms with Crippen LogP contribution in [-0.4, -0.2) is 45.1 Å². The van der Waals surface area contributed by atoms with Gasteiger partial charge in [-0.15, -0.1) is 0 Å². The highest BCUT2D eigenvalue weighted by molar-refractivity contribution is 6.40. The van der Waals surface area contributed by atoms with Gasteiger partial charge in [0.2, 0.25) is 0 Å². The molecule has 3 aromatic rings. The quantitative estimate of drug-likeness (QED) is 0.611. The first-order valence-corrected chi connectivity index (χ1v) is 10.5. The number of pyridine rings is 1. The van der Waals surface area contributed by atoms with Crippen LogP contribution in [0.5, 0.6) is 0 Å². The molecule has 2 N–H and O–H groups in total. The molecule has 0 atom stereocenters. The third kappa shape index (κ3) is 4.86. The molecule has 9 heteroatoms. The minimum absolute atomic E-state index is 0.0832. The smallest absolute Gasteiger partial charge is 0.313 e. The van der Waals surface area contributed by atoms with Crippen molar-refractivity contribution in [2.75, 3.05) is 18.4 Å². The second-order valence-electron chi connectivity index (χ2n) is 7.38. The van der Waals surface area contributed by atoms with E-state index >= 15 is 0 Å². The van der Waals surface area contributed by atoms with E-state index in [1.165, 1.54) is 0 Å². The number of rotatable bonds is 4. The van der Waals surface area contributed by atoms with E-state index in [4.69, 9.17) is 11.6 Å². The Hall–Kier alpha value is -3.39. The van der Waals surface area contributed by atoms with E-state index in [2.05, 4.69) is 15.6 Å². The molecule has 0 bridgehead atoms. The maximum atomic E-state index is 12.8. The molecule has 1 aliphatic heterocycles. The number of carbonyl (C=O) groups is 3. The lowest BCUT2D eigenvalue weighted by Gasteiger charge is -2.27. The Morgan fingerprint density at radius 3 is 2.55 bits per heavy atom. The van der Waals surface area contributed by atoms with E-state index in [0.29, 0.717) is 40.7 Å². The van der Waals surface area contributed by atoms with Gasteiger partial charge >= 0.3 is 11.8 Å². The summed E-state index contributed by atoms with van der Waals surface area (Å²) in [6.45, 7) is 1.48. The molecule has 160 valence electrons. The third-order valence-electron chi connectivity index (χ3n) is 5.15. The summed E-state index contributed by atoms with van der Waals surface area (Å²) in [5.41, 5.74) is 1.97. The first-order chi connectivity index (χ1) is 15.0. The van der Waals surface area contributed by atoms with Crippen LogP contribution in [0.15, 0.2) is 48.8 Å². The van der Waals surface area contributed by atoms with E-state index in [9.17, 15) is 14.4 Å². The topological polar surface area (TPSA) is 95.8 Å². The number of halogens is 1. The van der Waals surface area contributed by atoms with Crippen molar-refractivity contribution < 1.29 is 14.4 Å². The molecule has 1 aliphatic rings. The predicted octanol–water partition coefficient (Wildman–Crippen LogP) is 2.87. The van der Waals surface area contributed by atoms with Gasteiger partial charge in [-0.2, -0.15) is 0 Å². The lowest BCUT2D eigenvalue weighted by Crippen LogP contribution is -2.37. The van der Waals surface area contributed by atoms with Crippen molar-refractivity contribution in [3.63, 3.8) is 0 Å². The molecule has 1 fully saturated rings. The zero-order valence-electron chi connectivity index (χ0n) is 16.8. The Morgan fingerprint density at radius 2 is 1.74 bits per heavy atom. The molecule has 1 aromatic carbocycles. The summed E-state index contributed by atoms with van der Waals surface area (Å²) >= 11 is 5.96. The number of anilines is 1. The summed E-state index contributed by atoms with van der Waals surface area (Å²) in [7, 11) is 0. The number of aromatic nitrogens is 2.